The average Bonchev–Trinajstić information content (AvgIpc) is 3.20. The summed E-state index contributed by atoms with van der Waals surface area (Å²) in [7, 11) is 0. The fraction of sp³-hybridized carbons (Fsp3) is 0.0909. The van der Waals surface area contributed by atoms with Crippen LogP contribution in [-0.2, 0) is 4.79 Å². The highest BCUT2D eigenvalue weighted by atomic mass is 35.5. The summed E-state index contributed by atoms with van der Waals surface area (Å²) in [6.07, 6.45) is 3.39. The van der Waals surface area contributed by atoms with Crippen LogP contribution in [0.5, 0.6) is 0 Å². The first-order valence-electron chi connectivity index (χ1n) is 9.32. The molecule has 0 atom stereocenters. The molecule has 0 fully saturated rings. The minimum atomic E-state index is -0.165. The number of carbonyl (C=O) groups is 1. The highest BCUT2D eigenvalue weighted by molar-refractivity contribution is 7.99. The number of amides is 1. The molecule has 156 valence electrons. The molecule has 0 saturated carbocycles. The largest absolute Gasteiger partial charge is 0.325 e. The zero-order valence-corrected chi connectivity index (χ0v) is 18.7. The van der Waals surface area contributed by atoms with Gasteiger partial charge in [0, 0.05) is 33.7 Å². The number of aromatic nitrogens is 4. The minimum absolute atomic E-state index is 0.154. The second-order valence-corrected chi connectivity index (χ2v) is 8.39. The van der Waals surface area contributed by atoms with E-state index >= 15 is 0 Å². The SMILES string of the molecule is Cc1c(Cl)cccc1NC(=O)CSc1nnc(-c2ccncc2)n1-c1cccc(Cl)c1. The third-order valence-electron chi connectivity index (χ3n) is 4.51. The quantitative estimate of drug-likeness (QED) is 0.368. The molecule has 0 spiro atoms. The lowest BCUT2D eigenvalue weighted by Gasteiger charge is -2.11. The van der Waals surface area contributed by atoms with Crippen molar-refractivity contribution in [2.45, 2.75) is 12.1 Å². The molecule has 0 aliphatic heterocycles. The molecule has 0 bridgehead atoms. The summed E-state index contributed by atoms with van der Waals surface area (Å²) >= 11 is 13.6. The molecule has 0 aliphatic carbocycles. The molecule has 2 heterocycles. The van der Waals surface area contributed by atoms with Gasteiger partial charge in [0.15, 0.2) is 11.0 Å². The van der Waals surface area contributed by atoms with E-state index in [1.165, 1.54) is 11.8 Å². The molecular formula is C22H17Cl2N5OS. The topological polar surface area (TPSA) is 72.7 Å². The van der Waals surface area contributed by atoms with Crippen molar-refractivity contribution in [3.05, 3.63) is 82.6 Å². The van der Waals surface area contributed by atoms with Crippen molar-refractivity contribution in [2.75, 3.05) is 11.1 Å². The maximum Gasteiger partial charge on any atom is 0.234 e. The molecule has 2 aromatic carbocycles. The Morgan fingerprint density at radius 2 is 1.84 bits per heavy atom. The van der Waals surface area contributed by atoms with Gasteiger partial charge < -0.3 is 5.32 Å². The number of nitrogens with one attached hydrogen (secondary N) is 1. The van der Waals surface area contributed by atoms with Gasteiger partial charge in [0.1, 0.15) is 0 Å². The normalized spacial score (nSPS) is 10.8. The van der Waals surface area contributed by atoms with Crippen molar-refractivity contribution in [3.63, 3.8) is 0 Å². The Hall–Kier alpha value is -2.87. The number of rotatable bonds is 6. The molecule has 4 aromatic rings. The fourth-order valence-corrected chi connectivity index (χ4v) is 4.07. The Bertz CT molecular complexity index is 1230. The van der Waals surface area contributed by atoms with Gasteiger partial charge in [-0.2, -0.15) is 0 Å². The summed E-state index contributed by atoms with van der Waals surface area (Å²) in [6, 6.07) is 16.5. The third kappa shape index (κ3) is 4.90. The minimum Gasteiger partial charge on any atom is -0.325 e. The van der Waals surface area contributed by atoms with Gasteiger partial charge in [-0.3, -0.25) is 14.3 Å². The number of thioether (sulfide) groups is 1. The first kappa shape index (κ1) is 21.4. The Balaban J connectivity index is 1.60. The molecule has 9 heteroatoms. The van der Waals surface area contributed by atoms with Gasteiger partial charge in [0.2, 0.25) is 5.91 Å². The number of anilines is 1. The highest BCUT2D eigenvalue weighted by Crippen LogP contribution is 2.29. The summed E-state index contributed by atoms with van der Waals surface area (Å²) in [5.41, 5.74) is 3.17. The molecule has 0 radical (unpaired) electrons. The maximum absolute atomic E-state index is 12.6. The van der Waals surface area contributed by atoms with E-state index < -0.39 is 0 Å². The predicted molar refractivity (Wildman–Crippen MR) is 125 cm³/mol. The molecule has 0 saturated heterocycles. The van der Waals surface area contributed by atoms with Crippen LogP contribution in [0.25, 0.3) is 17.1 Å². The van der Waals surface area contributed by atoms with Crippen LogP contribution in [0.2, 0.25) is 10.0 Å². The van der Waals surface area contributed by atoms with Gasteiger partial charge >= 0.3 is 0 Å². The average molecular weight is 470 g/mol. The number of carbonyl (C=O) groups excluding carboxylic acids is 1. The molecule has 0 aliphatic rings. The lowest BCUT2D eigenvalue weighted by atomic mass is 10.2. The summed E-state index contributed by atoms with van der Waals surface area (Å²) in [6.45, 7) is 1.86. The molecule has 31 heavy (non-hydrogen) atoms. The molecule has 2 aromatic heterocycles. The van der Waals surface area contributed by atoms with Crippen molar-refractivity contribution in [1.82, 2.24) is 19.7 Å². The van der Waals surface area contributed by atoms with Crippen LogP contribution in [0.1, 0.15) is 5.56 Å². The Kier molecular flexibility index (Phi) is 6.56. The van der Waals surface area contributed by atoms with E-state index in [1.54, 1.807) is 30.6 Å². The van der Waals surface area contributed by atoms with E-state index in [0.717, 1.165) is 16.8 Å². The number of hydrogen-bond acceptors (Lipinski definition) is 5. The zero-order valence-electron chi connectivity index (χ0n) is 16.4. The van der Waals surface area contributed by atoms with Crippen LogP contribution < -0.4 is 5.32 Å². The van der Waals surface area contributed by atoms with E-state index in [1.807, 2.05) is 47.9 Å². The molecule has 0 unspecified atom stereocenters. The second-order valence-electron chi connectivity index (χ2n) is 6.61. The molecule has 6 nitrogen and oxygen atoms in total. The van der Waals surface area contributed by atoms with Crippen LogP contribution in [0, 0.1) is 6.92 Å². The van der Waals surface area contributed by atoms with Crippen LogP contribution in [0.15, 0.2) is 72.1 Å². The predicted octanol–water partition coefficient (Wildman–Crippen LogP) is 5.68. The number of pyridine rings is 1. The van der Waals surface area contributed by atoms with Crippen molar-refractivity contribution in [2.24, 2.45) is 0 Å². The van der Waals surface area contributed by atoms with Crippen LogP contribution in [0.4, 0.5) is 5.69 Å². The first-order valence-corrected chi connectivity index (χ1v) is 11.1. The van der Waals surface area contributed by atoms with Crippen molar-refractivity contribution in [3.8, 4) is 17.1 Å². The van der Waals surface area contributed by atoms with Gasteiger partial charge in [-0.25, -0.2) is 0 Å². The maximum atomic E-state index is 12.6. The van der Waals surface area contributed by atoms with Gasteiger partial charge in [0.05, 0.1) is 11.4 Å². The summed E-state index contributed by atoms with van der Waals surface area (Å²) in [5, 5.41) is 13.3. The lowest BCUT2D eigenvalue weighted by molar-refractivity contribution is -0.113. The standard InChI is InChI=1S/C22H17Cl2N5OS/c1-14-18(24)6-3-7-19(14)26-20(30)13-31-22-28-27-21(15-8-10-25-11-9-15)29(22)17-5-2-4-16(23)12-17/h2-12H,13H2,1H3,(H,26,30). The van der Waals surface area contributed by atoms with Gasteiger partial charge in [-0.05, 0) is 55.0 Å². The Labute approximate surface area is 193 Å². The smallest absolute Gasteiger partial charge is 0.234 e. The van der Waals surface area contributed by atoms with Crippen LogP contribution in [-0.4, -0.2) is 31.4 Å². The summed E-state index contributed by atoms with van der Waals surface area (Å²) < 4.78 is 1.88. The lowest BCUT2D eigenvalue weighted by Crippen LogP contribution is -2.15. The molecule has 1 amide bonds. The number of hydrogen-bond donors (Lipinski definition) is 1. The van der Waals surface area contributed by atoms with Crippen molar-refractivity contribution < 1.29 is 4.79 Å². The van der Waals surface area contributed by atoms with Gasteiger partial charge in [0.25, 0.3) is 0 Å². The second kappa shape index (κ2) is 9.51. The fourth-order valence-electron chi connectivity index (χ4n) is 2.96. The monoisotopic (exact) mass is 469 g/mol. The van der Waals surface area contributed by atoms with Gasteiger partial charge in [-0.15, -0.1) is 10.2 Å². The Morgan fingerprint density at radius 3 is 2.61 bits per heavy atom. The first-order chi connectivity index (χ1) is 15.0. The molecular weight excluding hydrogens is 453 g/mol. The van der Waals surface area contributed by atoms with E-state index in [2.05, 4.69) is 20.5 Å². The summed E-state index contributed by atoms with van der Waals surface area (Å²) in [4.78, 5) is 16.6. The van der Waals surface area contributed by atoms with E-state index in [4.69, 9.17) is 23.2 Å². The van der Waals surface area contributed by atoms with Gasteiger partial charge in [-0.1, -0.05) is 47.1 Å². The van der Waals surface area contributed by atoms with Crippen molar-refractivity contribution in [1.29, 1.82) is 0 Å². The Morgan fingerprint density at radius 1 is 1.06 bits per heavy atom. The third-order valence-corrected chi connectivity index (χ3v) is 6.09. The summed E-state index contributed by atoms with van der Waals surface area (Å²) in [5.74, 6) is 0.626. The number of halogens is 2. The van der Waals surface area contributed by atoms with E-state index in [9.17, 15) is 4.79 Å². The van der Waals surface area contributed by atoms with E-state index in [0.29, 0.717) is 26.7 Å². The molecule has 4 rings (SSSR count). The number of benzene rings is 2. The van der Waals surface area contributed by atoms with E-state index in [-0.39, 0.29) is 11.7 Å². The van der Waals surface area contributed by atoms with Crippen molar-refractivity contribution >= 4 is 46.6 Å². The highest BCUT2D eigenvalue weighted by Gasteiger charge is 2.18. The number of nitrogens with zero attached hydrogens (tertiary/aromatic N) is 4. The van der Waals surface area contributed by atoms with Crippen LogP contribution in [0.3, 0.4) is 0 Å². The molecule has 1 N–H and O–H groups in total. The zero-order chi connectivity index (χ0) is 21.8. The van der Waals surface area contributed by atoms with Crippen LogP contribution >= 0.6 is 35.0 Å².